The van der Waals surface area contributed by atoms with Crippen LogP contribution in [0.15, 0.2) is 4.52 Å². The zero-order valence-electron chi connectivity index (χ0n) is 11.7. The summed E-state index contributed by atoms with van der Waals surface area (Å²) < 4.78 is 11.2. The van der Waals surface area contributed by atoms with E-state index in [1.165, 1.54) is 5.75 Å². The standard InChI is InChI=1S/C13H21N3O2S2/c1-9-12(20-7-6-19-9)13-15-11(18-16-13)8-17-10-2-4-14-5-3-10/h9-10,12,14H,2-8H2,1H3. The maximum Gasteiger partial charge on any atom is 0.252 e. The first-order valence-corrected chi connectivity index (χ1v) is 9.30. The second-order valence-electron chi connectivity index (χ2n) is 5.17. The Hall–Kier alpha value is -0.240. The Balaban J connectivity index is 1.53. The summed E-state index contributed by atoms with van der Waals surface area (Å²) in [7, 11) is 0. The Morgan fingerprint density at radius 1 is 1.30 bits per heavy atom. The van der Waals surface area contributed by atoms with Crippen LogP contribution in [0.1, 0.15) is 36.7 Å². The lowest BCUT2D eigenvalue weighted by atomic mass is 10.1. The van der Waals surface area contributed by atoms with Gasteiger partial charge in [-0.05, 0) is 25.9 Å². The van der Waals surface area contributed by atoms with Gasteiger partial charge < -0.3 is 14.6 Å². The van der Waals surface area contributed by atoms with Crippen molar-refractivity contribution in [2.45, 2.75) is 43.0 Å². The van der Waals surface area contributed by atoms with Gasteiger partial charge in [0.25, 0.3) is 5.89 Å². The molecule has 1 aromatic rings. The van der Waals surface area contributed by atoms with Crippen molar-refractivity contribution in [3.05, 3.63) is 11.7 Å². The molecule has 1 aromatic heterocycles. The molecule has 0 aliphatic carbocycles. The molecule has 5 nitrogen and oxygen atoms in total. The van der Waals surface area contributed by atoms with Crippen molar-refractivity contribution >= 4 is 23.5 Å². The number of nitrogens with one attached hydrogen (secondary N) is 1. The summed E-state index contributed by atoms with van der Waals surface area (Å²) in [5.74, 6) is 3.82. The fourth-order valence-corrected chi connectivity index (χ4v) is 5.19. The zero-order valence-corrected chi connectivity index (χ0v) is 13.3. The van der Waals surface area contributed by atoms with Crippen LogP contribution in [0.2, 0.25) is 0 Å². The molecule has 0 aromatic carbocycles. The first kappa shape index (κ1) is 14.7. The van der Waals surface area contributed by atoms with Gasteiger partial charge in [-0.15, -0.1) is 11.8 Å². The molecule has 0 bridgehead atoms. The molecule has 2 unspecified atom stereocenters. The Morgan fingerprint density at radius 3 is 2.90 bits per heavy atom. The molecule has 7 heteroatoms. The Labute approximate surface area is 128 Å². The highest BCUT2D eigenvalue weighted by atomic mass is 32.2. The molecule has 2 saturated heterocycles. The first-order valence-electron chi connectivity index (χ1n) is 7.21. The maximum absolute atomic E-state index is 5.85. The summed E-state index contributed by atoms with van der Waals surface area (Å²) in [5.41, 5.74) is 0. The third kappa shape index (κ3) is 3.69. The largest absolute Gasteiger partial charge is 0.368 e. The van der Waals surface area contributed by atoms with Gasteiger partial charge >= 0.3 is 0 Å². The van der Waals surface area contributed by atoms with Crippen LogP contribution < -0.4 is 5.32 Å². The van der Waals surface area contributed by atoms with Gasteiger partial charge in [-0.2, -0.15) is 16.7 Å². The molecule has 0 saturated carbocycles. The minimum absolute atomic E-state index is 0.324. The van der Waals surface area contributed by atoms with E-state index in [0.717, 1.165) is 37.5 Å². The van der Waals surface area contributed by atoms with Gasteiger partial charge in [0.2, 0.25) is 0 Å². The van der Waals surface area contributed by atoms with Gasteiger partial charge in [-0.25, -0.2) is 0 Å². The van der Waals surface area contributed by atoms with Crippen molar-refractivity contribution in [3.63, 3.8) is 0 Å². The Bertz CT molecular complexity index is 424. The monoisotopic (exact) mass is 315 g/mol. The van der Waals surface area contributed by atoms with Crippen LogP contribution in [0, 0.1) is 0 Å². The molecule has 20 heavy (non-hydrogen) atoms. The average molecular weight is 315 g/mol. The Kier molecular flexibility index (Phi) is 5.25. The number of thioether (sulfide) groups is 2. The second kappa shape index (κ2) is 7.15. The van der Waals surface area contributed by atoms with Crippen molar-refractivity contribution < 1.29 is 9.26 Å². The predicted molar refractivity (Wildman–Crippen MR) is 82.1 cm³/mol. The van der Waals surface area contributed by atoms with Crippen LogP contribution in [-0.4, -0.2) is 46.1 Å². The van der Waals surface area contributed by atoms with E-state index in [1.54, 1.807) is 0 Å². The number of hydrogen-bond acceptors (Lipinski definition) is 7. The summed E-state index contributed by atoms with van der Waals surface area (Å²) in [4.78, 5) is 4.52. The number of hydrogen-bond donors (Lipinski definition) is 1. The highest BCUT2D eigenvalue weighted by Crippen LogP contribution is 2.41. The number of ether oxygens (including phenoxy) is 1. The summed E-state index contributed by atoms with van der Waals surface area (Å²) >= 11 is 3.91. The van der Waals surface area contributed by atoms with E-state index in [0.29, 0.717) is 29.1 Å². The fourth-order valence-electron chi connectivity index (χ4n) is 2.51. The quantitative estimate of drug-likeness (QED) is 0.914. The van der Waals surface area contributed by atoms with Gasteiger partial charge in [0.05, 0.1) is 11.4 Å². The van der Waals surface area contributed by atoms with Crippen LogP contribution >= 0.6 is 23.5 Å². The summed E-state index contributed by atoms with van der Waals surface area (Å²) in [6.07, 6.45) is 2.45. The maximum atomic E-state index is 5.85. The summed E-state index contributed by atoms with van der Waals surface area (Å²) in [6, 6.07) is 0. The molecular formula is C13H21N3O2S2. The first-order chi connectivity index (χ1) is 9.83. The lowest BCUT2D eigenvalue weighted by molar-refractivity contribution is 0.00859. The van der Waals surface area contributed by atoms with E-state index >= 15 is 0 Å². The van der Waals surface area contributed by atoms with Crippen LogP contribution in [0.5, 0.6) is 0 Å². The lowest BCUT2D eigenvalue weighted by Gasteiger charge is -2.24. The van der Waals surface area contributed by atoms with Gasteiger partial charge in [0, 0.05) is 16.8 Å². The normalized spacial score (nSPS) is 28.6. The Morgan fingerprint density at radius 2 is 2.10 bits per heavy atom. The van der Waals surface area contributed by atoms with Crippen LogP contribution in [0.25, 0.3) is 0 Å². The summed E-state index contributed by atoms with van der Waals surface area (Å²) in [5, 5.41) is 8.37. The lowest BCUT2D eigenvalue weighted by Crippen LogP contribution is -2.32. The summed E-state index contributed by atoms with van der Waals surface area (Å²) in [6.45, 7) is 4.75. The van der Waals surface area contributed by atoms with Gasteiger partial charge in [-0.1, -0.05) is 12.1 Å². The highest BCUT2D eigenvalue weighted by Gasteiger charge is 2.28. The van der Waals surface area contributed by atoms with Crippen molar-refractivity contribution in [2.75, 3.05) is 24.6 Å². The number of rotatable bonds is 4. The molecule has 1 N–H and O–H groups in total. The second-order valence-corrected chi connectivity index (χ2v) is 7.91. The van der Waals surface area contributed by atoms with Crippen molar-refractivity contribution in [2.24, 2.45) is 0 Å². The van der Waals surface area contributed by atoms with Crippen LogP contribution in [0.3, 0.4) is 0 Å². The fraction of sp³-hybridized carbons (Fsp3) is 0.846. The topological polar surface area (TPSA) is 60.2 Å². The predicted octanol–water partition coefficient (Wildman–Crippen LogP) is 2.25. The SMILES string of the molecule is CC1SCCSC1c1noc(COC2CCNCC2)n1. The van der Waals surface area contributed by atoms with E-state index in [4.69, 9.17) is 9.26 Å². The third-order valence-corrected chi connectivity index (χ3v) is 6.74. The van der Waals surface area contributed by atoms with Crippen molar-refractivity contribution in [3.8, 4) is 0 Å². The minimum atomic E-state index is 0.324. The smallest absolute Gasteiger partial charge is 0.252 e. The van der Waals surface area contributed by atoms with Gasteiger partial charge in [0.1, 0.15) is 6.61 Å². The third-order valence-electron chi connectivity index (χ3n) is 3.65. The highest BCUT2D eigenvalue weighted by molar-refractivity contribution is 8.06. The molecule has 112 valence electrons. The number of nitrogens with zero attached hydrogens (tertiary/aromatic N) is 2. The zero-order chi connectivity index (χ0) is 13.8. The molecule has 3 rings (SSSR count). The van der Waals surface area contributed by atoms with Crippen LogP contribution in [0.4, 0.5) is 0 Å². The van der Waals surface area contributed by atoms with Gasteiger partial charge in [-0.3, -0.25) is 0 Å². The van der Waals surface area contributed by atoms with E-state index in [-0.39, 0.29) is 0 Å². The van der Waals surface area contributed by atoms with Gasteiger partial charge in [0.15, 0.2) is 5.82 Å². The molecule has 2 fully saturated rings. The molecule has 2 aliphatic rings. The minimum Gasteiger partial charge on any atom is -0.368 e. The number of piperidine rings is 1. The molecule has 0 spiro atoms. The molecule has 0 amide bonds. The molecule has 3 heterocycles. The van der Waals surface area contributed by atoms with Crippen molar-refractivity contribution in [1.82, 2.24) is 15.5 Å². The van der Waals surface area contributed by atoms with E-state index in [2.05, 4.69) is 22.4 Å². The van der Waals surface area contributed by atoms with E-state index < -0.39 is 0 Å². The van der Waals surface area contributed by atoms with Crippen LogP contribution in [-0.2, 0) is 11.3 Å². The number of aromatic nitrogens is 2. The van der Waals surface area contributed by atoms with Crippen molar-refractivity contribution in [1.29, 1.82) is 0 Å². The molecule has 0 radical (unpaired) electrons. The molecular weight excluding hydrogens is 294 g/mol. The molecule has 2 aliphatic heterocycles. The van der Waals surface area contributed by atoms with E-state index in [1.807, 2.05) is 23.5 Å². The van der Waals surface area contributed by atoms with E-state index in [9.17, 15) is 0 Å². The average Bonchev–Trinajstić information content (AvgIpc) is 2.95. The molecule has 2 atom stereocenters.